The van der Waals surface area contributed by atoms with E-state index in [1.807, 2.05) is 20.8 Å². The Labute approximate surface area is 131 Å². The second-order valence-corrected chi connectivity index (χ2v) is 4.89. The molecule has 0 unspecified atom stereocenters. The van der Waals surface area contributed by atoms with Crippen LogP contribution < -0.4 is 5.32 Å². The summed E-state index contributed by atoms with van der Waals surface area (Å²) in [6, 6.07) is 0. The quantitative estimate of drug-likeness (QED) is 0.415. The Kier molecular flexibility index (Phi) is 17.7. The molecule has 0 saturated heterocycles. The summed E-state index contributed by atoms with van der Waals surface area (Å²) in [5.41, 5.74) is 0. The van der Waals surface area contributed by atoms with E-state index in [0.29, 0.717) is 0 Å². The number of hydrogen-bond donors (Lipinski definition) is 1. The van der Waals surface area contributed by atoms with Crippen LogP contribution in [-0.4, -0.2) is 77.3 Å². The third-order valence-corrected chi connectivity index (χ3v) is 3.21. The highest BCUT2D eigenvalue weighted by Gasteiger charge is 2.04. The number of rotatable bonds is 17. The molecule has 1 N–H and O–H groups in total. The van der Waals surface area contributed by atoms with E-state index in [-0.39, 0.29) is 0 Å². The number of unbranched alkanes of at least 4 members (excludes halogenated alkanes) is 1. The van der Waals surface area contributed by atoms with E-state index in [9.17, 15) is 0 Å². The van der Waals surface area contributed by atoms with Gasteiger partial charge >= 0.3 is 0 Å². The van der Waals surface area contributed by atoms with Gasteiger partial charge in [0.2, 0.25) is 0 Å². The fourth-order valence-electron chi connectivity index (χ4n) is 1.97. The average molecular weight is 304 g/mol. The van der Waals surface area contributed by atoms with Crippen LogP contribution in [0.25, 0.3) is 0 Å². The summed E-state index contributed by atoms with van der Waals surface area (Å²) in [7, 11) is 0. The molecular weight excluding hydrogens is 268 g/mol. The number of ether oxygens (including phenoxy) is 3. The van der Waals surface area contributed by atoms with Crippen molar-refractivity contribution in [1.82, 2.24) is 10.2 Å². The van der Waals surface area contributed by atoms with Crippen LogP contribution in [0.2, 0.25) is 0 Å². The average Bonchev–Trinajstić information content (AvgIpc) is 2.49. The van der Waals surface area contributed by atoms with Gasteiger partial charge in [0.05, 0.1) is 13.2 Å². The first-order valence-corrected chi connectivity index (χ1v) is 8.51. The van der Waals surface area contributed by atoms with Crippen LogP contribution in [0, 0.1) is 0 Å². The van der Waals surface area contributed by atoms with Crippen molar-refractivity contribution in [3.8, 4) is 0 Å². The van der Waals surface area contributed by atoms with Crippen LogP contribution >= 0.6 is 0 Å². The van der Waals surface area contributed by atoms with Gasteiger partial charge in [0.25, 0.3) is 0 Å². The lowest BCUT2D eigenvalue weighted by molar-refractivity contribution is 0.0832. The van der Waals surface area contributed by atoms with E-state index in [1.54, 1.807) is 0 Å². The minimum absolute atomic E-state index is 0.789. The Morgan fingerprint density at radius 3 is 1.81 bits per heavy atom. The second kappa shape index (κ2) is 17.9. The molecule has 0 saturated carbocycles. The lowest BCUT2D eigenvalue weighted by Gasteiger charge is -2.22. The highest BCUT2D eigenvalue weighted by atomic mass is 16.5. The third-order valence-electron chi connectivity index (χ3n) is 3.21. The lowest BCUT2D eigenvalue weighted by atomic mass is 10.3. The Hall–Kier alpha value is -0.200. The molecule has 0 heterocycles. The fourth-order valence-corrected chi connectivity index (χ4v) is 1.97. The SMILES string of the molecule is CCOCCCCNCCN(CCOCC)CCOCC. The van der Waals surface area contributed by atoms with E-state index in [1.165, 1.54) is 6.42 Å². The van der Waals surface area contributed by atoms with Crippen molar-refractivity contribution >= 4 is 0 Å². The van der Waals surface area contributed by atoms with E-state index < -0.39 is 0 Å². The number of nitrogens with zero attached hydrogens (tertiary/aromatic N) is 1. The summed E-state index contributed by atoms with van der Waals surface area (Å²) >= 11 is 0. The Balaban J connectivity index is 3.54. The first-order valence-electron chi connectivity index (χ1n) is 8.51. The van der Waals surface area contributed by atoms with E-state index in [0.717, 1.165) is 78.8 Å². The van der Waals surface area contributed by atoms with Gasteiger partial charge in [0.15, 0.2) is 0 Å². The highest BCUT2D eigenvalue weighted by Crippen LogP contribution is 1.91. The maximum atomic E-state index is 5.44. The molecule has 0 radical (unpaired) electrons. The van der Waals surface area contributed by atoms with Crippen molar-refractivity contribution < 1.29 is 14.2 Å². The summed E-state index contributed by atoms with van der Waals surface area (Å²) in [6.07, 6.45) is 2.32. The smallest absolute Gasteiger partial charge is 0.0593 e. The Bertz CT molecular complexity index is 184. The van der Waals surface area contributed by atoms with Crippen LogP contribution in [-0.2, 0) is 14.2 Å². The summed E-state index contributed by atoms with van der Waals surface area (Å²) < 4.78 is 16.2. The standard InChI is InChI=1S/C16H36N2O3/c1-4-19-14-8-7-9-17-10-11-18(12-15-20-5-2)13-16-21-6-3/h17H,4-16H2,1-3H3. The van der Waals surface area contributed by atoms with Crippen molar-refractivity contribution in [3.05, 3.63) is 0 Å². The van der Waals surface area contributed by atoms with Crippen molar-refractivity contribution in [2.24, 2.45) is 0 Å². The van der Waals surface area contributed by atoms with E-state index in [4.69, 9.17) is 14.2 Å². The zero-order chi connectivity index (χ0) is 15.6. The normalized spacial score (nSPS) is 11.4. The molecular formula is C16H36N2O3. The monoisotopic (exact) mass is 304 g/mol. The first kappa shape index (κ1) is 20.8. The summed E-state index contributed by atoms with van der Waals surface area (Å²) in [4.78, 5) is 2.40. The maximum absolute atomic E-state index is 5.44. The van der Waals surface area contributed by atoms with Crippen molar-refractivity contribution in [2.75, 3.05) is 72.4 Å². The van der Waals surface area contributed by atoms with Gasteiger partial charge in [-0.15, -0.1) is 0 Å². The predicted molar refractivity (Wildman–Crippen MR) is 88.0 cm³/mol. The number of hydrogen-bond acceptors (Lipinski definition) is 5. The van der Waals surface area contributed by atoms with Gasteiger partial charge in [-0.25, -0.2) is 0 Å². The summed E-state index contributed by atoms with van der Waals surface area (Å²) in [5.74, 6) is 0. The van der Waals surface area contributed by atoms with Gasteiger partial charge < -0.3 is 19.5 Å². The van der Waals surface area contributed by atoms with E-state index >= 15 is 0 Å². The van der Waals surface area contributed by atoms with Gasteiger partial charge in [-0.1, -0.05) is 0 Å². The van der Waals surface area contributed by atoms with Gasteiger partial charge in [-0.05, 0) is 40.2 Å². The molecule has 0 aromatic heterocycles. The zero-order valence-corrected chi connectivity index (χ0v) is 14.4. The molecule has 0 bridgehead atoms. The van der Waals surface area contributed by atoms with E-state index in [2.05, 4.69) is 10.2 Å². The van der Waals surface area contributed by atoms with Crippen molar-refractivity contribution in [2.45, 2.75) is 33.6 Å². The molecule has 0 spiro atoms. The molecule has 0 amide bonds. The molecule has 0 fully saturated rings. The molecule has 0 aromatic rings. The van der Waals surface area contributed by atoms with Crippen molar-refractivity contribution in [3.63, 3.8) is 0 Å². The molecule has 0 aliphatic heterocycles. The Morgan fingerprint density at radius 1 is 0.667 bits per heavy atom. The molecule has 128 valence electrons. The molecule has 0 aliphatic rings. The highest BCUT2D eigenvalue weighted by molar-refractivity contribution is 4.60. The van der Waals surface area contributed by atoms with Crippen LogP contribution in [0.1, 0.15) is 33.6 Å². The summed E-state index contributed by atoms with van der Waals surface area (Å²) in [6.45, 7) is 16.1. The lowest BCUT2D eigenvalue weighted by Crippen LogP contribution is -2.37. The maximum Gasteiger partial charge on any atom is 0.0593 e. The van der Waals surface area contributed by atoms with Gasteiger partial charge in [0, 0.05) is 52.6 Å². The van der Waals surface area contributed by atoms with Crippen LogP contribution in [0.5, 0.6) is 0 Å². The Morgan fingerprint density at radius 2 is 1.24 bits per heavy atom. The molecule has 5 nitrogen and oxygen atoms in total. The zero-order valence-electron chi connectivity index (χ0n) is 14.4. The first-order chi connectivity index (χ1) is 10.3. The van der Waals surface area contributed by atoms with Crippen LogP contribution in [0.4, 0.5) is 0 Å². The largest absolute Gasteiger partial charge is 0.382 e. The second-order valence-electron chi connectivity index (χ2n) is 4.89. The third kappa shape index (κ3) is 16.0. The molecule has 0 rings (SSSR count). The van der Waals surface area contributed by atoms with Gasteiger partial charge in [-0.2, -0.15) is 0 Å². The molecule has 0 aromatic carbocycles. The molecule has 5 heteroatoms. The van der Waals surface area contributed by atoms with Crippen molar-refractivity contribution in [1.29, 1.82) is 0 Å². The minimum atomic E-state index is 0.789. The topological polar surface area (TPSA) is 43.0 Å². The molecule has 21 heavy (non-hydrogen) atoms. The van der Waals surface area contributed by atoms with Gasteiger partial charge in [0.1, 0.15) is 0 Å². The molecule has 0 aliphatic carbocycles. The fraction of sp³-hybridized carbons (Fsp3) is 1.00. The van der Waals surface area contributed by atoms with Gasteiger partial charge in [-0.3, -0.25) is 4.90 Å². The number of nitrogens with one attached hydrogen (secondary N) is 1. The van der Waals surface area contributed by atoms with Crippen LogP contribution in [0.15, 0.2) is 0 Å². The van der Waals surface area contributed by atoms with Crippen LogP contribution in [0.3, 0.4) is 0 Å². The minimum Gasteiger partial charge on any atom is -0.382 e. The summed E-state index contributed by atoms with van der Waals surface area (Å²) in [5, 5.41) is 3.49. The predicted octanol–water partition coefficient (Wildman–Crippen LogP) is 1.77. The molecule has 0 atom stereocenters.